The Hall–Kier alpha value is -0.770. The average molecular weight is 228 g/mol. The molecule has 0 aromatic rings. The third kappa shape index (κ3) is 2.88. The van der Waals surface area contributed by atoms with Crippen LogP contribution in [0.25, 0.3) is 0 Å². The summed E-state index contributed by atoms with van der Waals surface area (Å²) in [6, 6.07) is 0.223. The second-order valence-electron chi connectivity index (χ2n) is 5.55. The smallest absolute Gasteiger partial charge is 0.410 e. The molecule has 0 aliphatic carbocycles. The topological polar surface area (TPSA) is 41.6 Å². The van der Waals surface area contributed by atoms with Crippen LogP contribution in [0.15, 0.2) is 0 Å². The highest BCUT2D eigenvalue weighted by atomic mass is 16.5. The number of hydrogen-bond acceptors (Lipinski definition) is 3. The minimum Gasteiger partial charge on any atom is -0.453 e. The van der Waals surface area contributed by atoms with Crippen molar-refractivity contribution in [2.45, 2.75) is 45.7 Å². The Morgan fingerprint density at radius 3 is 2.50 bits per heavy atom. The van der Waals surface area contributed by atoms with Crippen LogP contribution in [0.5, 0.6) is 0 Å². The molecule has 4 nitrogen and oxygen atoms in total. The number of hydrogen-bond donors (Lipinski definition) is 1. The number of carbonyl (C=O) groups excluding carboxylic acids is 1. The van der Waals surface area contributed by atoms with Gasteiger partial charge in [-0.2, -0.15) is 0 Å². The molecule has 0 bridgehead atoms. The van der Waals surface area contributed by atoms with E-state index in [0.29, 0.717) is 5.92 Å². The molecular formula is C12H24N2O2. The van der Waals surface area contributed by atoms with Crippen molar-refractivity contribution in [3.05, 3.63) is 0 Å². The molecule has 0 saturated carbocycles. The van der Waals surface area contributed by atoms with Gasteiger partial charge in [-0.15, -0.1) is 0 Å². The summed E-state index contributed by atoms with van der Waals surface area (Å²) in [7, 11) is 1.45. The molecule has 16 heavy (non-hydrogen) atoms. The number of amides is 1. The van der Waals surface area contributed by atoms with Gasteiger partial charge in [0.05, 0.1) is 13.2 Å². The number of rotatable bonds is 1. The summed E-state index contributed by atoms with van der Waals surface area (Å²) in [4.78, 5) is 13.7. The van der Waals surface area contributed by atoms with E-state index in [-0.39, 0.29) is 17.7 Å². The Bertz CT molecular complexity index is 248. The third-order valence-electron chi connectivity index (χ3n) is 3.21. The lowest BCUT2D eigenvalue weighted by Gasteiger charge is -2.45. The molecule has 1 aliphatic heterocycles. The molecule has 1 rings (SSSR count). The van der Waals surface area contributed by atoms with Crippen LogP contribution < -0.4 is 5.32 Å². The third-order valence-corrected chi connectivity index (χ3v) is 3.21. The summed E-state index contributed by atoms with van der Waals surface area (Å²) >= 11 is 0. The van der Waals surface area contributed by atoms with Gasteiger partial charge < -0.3 is 10.1 Å². The van der Waals surface area contributed by atoms with E-state index >= 15 is 0 Å². The molecule has 1 saturated heterocycles. The van der Waals surface area contributed by atoms with Gasteiger partial charge >= 0.3 is 6.09 Å². The van der Waals surface area contributed by atoms with Crippen molar-refractivity contribution >= 4 is 6.09 Å². The van der Waals surface area contributed by atoms with Crippen LogP contribution >= 0.6 is 0 Å². The fraction of sp³-hybridized carbons (Fsp3) is 0.917. The first-order valence-electron chi connectivity index (χ1n) is 5.96. The highest BCUT2D eigenvalue weighted by Gasteiger charge is 2.37. The molecule has 2 atom stereocenters. The Kier molecular flexibility index (Phi) is 4.19. The van der Waals surface area contributed by atoms with Gasteiger partial charge in [0.15, 0.2) is 0 Å². The number of carbonyl (C=O) groups is 1. The quantitative estimate of drug-likeness (QED) is 0.744. The van der Waals surface area contributed by atoms with E-state index in [4.69, 9.17) is 4.74 Å². The van der Waals surface area contributed by atoms with Crippen molar-refractivity contribution in [1.29, 1.82) is 0 Å². The Balaban J connectivity index is 2.87. The van der Waals surface area contributed by atoms with E-state index in [9.17, 15) is 4.79 Å². The molecule has 1 heterocycles. The highest BCUT2D eigenvalue weighted by molar-refractivity contribution is 5.69. The summed E-state index contributed by atoms with van der Waals surface area (Å²) in [5, 5.41) is 3.35. The van der Waals surface area contributed by atoms with Crippen LogP contribution in [0.4, 0.5) is 4.79 Å². The summed E-state index contributed by atoms with van der Waals surface area (Å²) in [6.45, 7) is 10.2. The molecule has 0 aromatic heterocycles. The van der Waals surface area contributed by atoms with Gasteiger partial charge in [-0.05, 0) is 39.7 Å². The zero-order valence-corrected chi connectivity index (χ0v) is 11.0. The van der Waals surface area contributed by atoms with Gasteiger partial charge in [0.25, 0.3) is 0 Å². The van der Waals surface area contributed by atoms with Crippen LogP contribution in [-0.4, -0.2) is 42.8 Å². The van der Waals surface area contributed by atoms with E-state index in [1.54, 1.807) is 0 Å². The van der Waals surface area contributed by atoms with Crippen molar-refractivity contribution in [3.8, 4) is 0 Å². The first-order valence-corrected chi connectivity index (χ1v) is 5.96. The van der Waals surface area contributed by atoms with Crippen LogP contribution in [0.3, 0.4) is 0 Å². The van der Waals surface area contributed by atoms with Gasteiger partial charge in [0.1, 0.15) is 0 Å². The Morgan fingerprint density at radius 1 is 1.44 bits per heavy atom. The molecule has 0 radical (unpaired) electrons. The average Bonchev–Trinajstić information content (AvgIpc) is 2.19. The molecule has 0 aromatic carbocycles. The number of piperidine rings is 1. The standard InChI is InChI=1S/C12H24N2O2/c1-9-6-7-13-8-10(9)14(11(15)16-5)12(2,3)4/h9-10,13H,6-8H2,1-5H3/t9-,10+/m1/s1. The fourth-order valence-corrected chi connectivity index (χ4v) is 2.32. The predicted octanol–water partition coefficient (Wildman–Crippen LogP) is 1.85. The SMILES string of the molecule is COC(=O)N([C@H]1CNCC[C@H]1C)C(C)(C)C. The van der Waals surface area contributed by atoms with E-state index in [2.05, 4.69) is 12.2 Å². The van der Waals surface area contributed by atoms with E-state index in [1.807, 2.05) is 25.7 Å². The van der Waals surface area contributed by atoms with Gasteiger partial charge in [0.2, 0.25) is 0 Å². The second kappa shape index (κ2) is 5.04. The van der Waals surface area contributed by atoms with E-state index < -0.39 is 0 Å². The molecule has 1 fully saturated rings. The van der Waals surface area contributed by atoms with Crippen molar-refractivity contribution in [2.24, 2.45) is 5.92 Å². The molecular weight excluding hydrogens is 204 g/mol. The lowest BCUT2D eigenvalue weighted by molar-refractivity contribution is 0.0321. The monoisotopic (exact) mass is 228 g/mol. The molecule has 0 spiro atoms. The molecule has 0 unspecified atom stereocenters. The van der Waals surface area contributed by atoms with Crippen LogP contribution in [0.1, 0.15) is 34.1 Å². The van der Waals surface area contributed by atoms with Crippen LogP contribution in [0.2, 0.25) is 0 Å². The van der Waals surface area contributed by atoms with E-state index in [0.717, 1.165) is 19.5 Å². The number of nitrogens with one attached hydrogen (secondary N) is 1. The maximum atomic E-state index is 11.9. The van der Waals surface area contributed by atoms with Crippen molar-refractivity contribution < 1.29 is 9.53 Å². The maximum Gasteiger partial charge on any atom is 0.410 e. The Labute approximate surface area is 98.3 Å². The molecule has 1 N–H and O–H groups in total. The normalized spacial score (nSPS) is 26.3. The van der Waals surface area contributed by atoms with Crippen molar-refractivity contribution in [1.82, 2.24) is 10.2 Å². The first-order chi connectivity index (χ1) is 7.38. The van der Waals surface area contributed by atoms with Crippen molar-refractivity contribution in [2.75, 3.05) is 20.2 Å². The molecule has 94 valence electrons. The fourth-order valence-electron chi connectivity index (χ4n) is 2.32. The van der Waals surface area contributed by atoms with Gasteiger partial charge in [-0.25, -0.2) is 4.79 Å². The molecule has 1 aliphatic rings. The van der Waals surface area contributed by atoms with Crippen molar-refractivity contribution in [3.63, 3.8) is 0 Å². The minimum atomic E-state index is -0.229. The largest absolute Gasteiger partial charge is 0.453 e. The van der Waals surface area contributed by atoms with Crippen LogP contribution in [0, 0.1) is 5.92 Å². The zero-order chi connectivity index (χ0) is 12.3. The van der Waals surface area contributed by atoms with E-state index in [1.165, 1.54) is 7.11 Å². The summed E-state index contributed by atoms with van der Waals surface area (Å²) in [5.41, 5.74) is -0.203. The second-order valence-corrected chi connectivity index (χ2v) is 5.55. The molecule has 4 heteroatoms. The predicted molar refractivity (Wildman–Crippen MR) is 64.4 cm³/mol. The summed E-state index contributed by atoms with van der Waals surface area (Å²) < 4.78 is 4.90. The number of methoxy groups -OCH3 is 1. The maximum absolute atomic E-state index is 11.9. The van der Waals surface area contributed by atoms with Gasteiger partial charge in [-0.1, -0.05) is 6.92 Å². The first kappa shape index (κ1) is 13.3. The zero-order valence-electron chi connectivity index (χ0n) is 11.0. The summed E-state index contributed by atoms with van der Waals surface area (Å²) in [5.74, 6) is 0.513. The van der Waals surface area contributed by atoms with Crippen LogP contribution in [-0.2, 0) is 4.74 Å². The summed E-state index contributed by atoms with van der Waals surface area (Å²) in [6.07, 6.45) is 0.877. The van der Waals surface area contributed by atoms with Gasteiger partial charge in [-0.3, -0.25) is 4.90 Å². The lowest BCUT2D eigenvalue weighted by Crippen LogP contribution is -2.59. The lowest BCUT2D eigenvalue weighted by atomic mass is 9.90. The Morgan fingerprint density at radius 2 is 2.06 bits per heavy atom. The number of ether oxygens (including phenoxy) is 1. The molecule has 1 amide bonds. The minimum absolute atomic E-state index is 0.203. The van der Waals surface area contributed by atoms with Gasteiger partial charge in [0, 0.05) is 12.1 Å². The highest BCUT2D eigenvalue weighted by Crippen LogP contribution is 2.25. The number of nitrogens with zero attached hydrogens (tertiary/aromatic N) is 1.